The molecular formula is C20H25ClN2O3. The number of carbonyl (C=O) groups excluding carboxylic acids is 1. The minimum atomic E-state index is -0.00899. The Morgan fingerprint density at radius 2 is 1.73 bits per heavy atom. The number of likely N-dealkylation sites (N-methyl/N-ethyl adjacent to an activating group) is 1. The first-order valence-electron chi connectivity index (χ1n) is 8.46. The largest absolute Gasteiger partial charge is 0.493 e. The van der Waals surface area contributed by atoms with Crippen molar-refractivity contribution in [1.29, 1.82) is 0 Å². The van der Waals surface area contributed by atoms with Crippen molar-refractivity contribution in [3.63, 3.8) is 0 Å². The molecule has 0 radical (unpaired) electrons. The van der Waals surface area contributed by atoms with E-state index in [2.05, 4.69) is 10.2 Å². The van der Waals surface area contributed by atoms with Crippen LogP contribution in [0.25, 0.3) is 0 Å². The number of methoxy groups -OCH3 is 2. The molecule has 0 fully saturated rings. The topological polar surface area (TPSA) is 50.8 Å². The van der Waals surface area contributed by atoms with Crippen molar-refractivity contribution >= 4 is 23.2 Å². The maximum atomic E-state index is 12.0. The number of ether oxygens (including phenoxy) is 2. The summed E-state index contributed by atoms with van der Waals surface area (Å²) in [7, 11) is 5.27. The van der Waals surface area contributed by atoms with Crippen LogP contribution < -0.4 is 14.8 Å². The van der Waals surface area contributed by atoms with Crippen LogP contribution in [0.4, 0.5) is 5.69 Å². The van der Waals surface area contributed by atoms with Crippen LogP contribution in [0.1, 0.15) is 12.0 Å². The summed E-state index contributed by atoms with van der Waals surface area (Å²) in [5.41, 5.74) is 1.92. The second kappa shape index (κ2) is 10.0. The van der Waals surface area contributed by atoms with Crippen LogP contribution in [0.2, 0.25) is 5.02 Å². The highest BCUT2D eigenvalue weighted by atomic mass is 35.5. The van der Waals surface area contributed by atoms with Crippen LogP contribution in [0.15, 0.2) is 42.5 Å². The molecule has 2 aromatic carbocycles. The van der Waals surface area contributed by atoms with Gasteiger partial charge in [-0.3, -0.25) is 4.79 Å². The molecule has 5 nitrogen and oxygen atoms in total. The van der Waals surface area contributed by atoms with Crippen molar-refractivity contribution in [2.45, 2.75) is 12.8 Å². The van der Waals surface area contributed by atoms with Crippen molar-refractivity contribution in [2.75, 3.05) is 39.7 Å². The second-order valence-electron chi connectivity index (χ2n) is 6.05. The van der Waals surface area contributed by atoms with Gasteiger partial charge in [0.1, 0.15) is 0 Å². The van der Waals surface area contributed by atoms with Gasteiger partial charge in [-0.1, -0.05) is 17.7 Å². The van der Waals surface area contributed by atoms with Gasteiger partial charge in [0.05, 0.1) is 14.2 Å². The number of amides is 1. The summed E-state index contributed by atoms with van der Waals surface area (Å²) in [5.74, 6) is 1.45. The zero-order chi connectivity index (χ0) is 18.9. The van der Waals surface area contributed by atoms with E-state index in [-0.39, 0.29) is 5.91 Å². The number of rotatable bonds is 9. The molecule has 0 heterocycles. The van der Waals surface area contributed by atoms with Gasteiger partial charge in [-0.25, -0.2) is 0 Å². The molecule has 0 aliphatic heterocycles. The highest BCUT2D eigenvalue weighted by Crippen LogP contribution is 2.27. The Bertz CT molecular complexity index is 719. The molecule has 0 unspecified atom stereocenters. The number of nitrogens with one attached hydrogen (secondary N) is 1. The lowest BCUT2D eigenvalue weighted by Crippen LogP contribution is -2.26. The van der Waals surface area contributed by atoms with E-state index in [9.17, 15) is 4.79 Å². The Balaban J connectivity index is 1.75. The Kier molecular flexibility index (Phi) is 7.75. The number of hydrogen-bond donors (Lipinski definition) is 1. The zero-order valence-electron chi connectivity index (χ0n) is 15.4. The Labute approximate surface area is 159 Å². The van der Waals surface area contributed by atoms with Gasteiger partial charge in [-0.15, -0.1) is 0 Å². The van der Waals surface area contributed by atoms with Gasteiger partial charge in [-0.05, 0) is 55.4 Å². The molecule has 0 atom stereocenters. The molecule has 6 heteroatoms. The first-order valence-corrected chi connectivity index (χ1v) is 8.84. The van der Waals surface area contributed by atoms with Crippen LogP contribution in [-0.4, -0.2) is 45.2 Å². The van der Waals surface area contributed by atoms with E-state index in [0.29, 0.717) is 18.0 Å². The predicted molar refractivity (Wildman–Crippen MR) is 105 cm³/mol. The average Bonchev–Trinajstić information content (AvgIpc) is 2.66. The second-order valence-corrected chi connectivity index (χ2v) is 6.48. The van der Waals surface area contributed by atoms with Gasteiger partial charge in [-0.2, -0.15) is 0 Å². The third-order valence-corrected chi connectivity index (χ3v) is 4.33. The molecule has 1 amide bonds. The Morgan fingerprint density at radius 3 is 2.38 bits per heavy atom. The van der Waals surface area contributed by atoms with E-state index < -0.39 is 0 Å². The third kappa shape index (κ3) is 6.24. The number of hydrogen-bond acceptors (Lipinski definition) is 4. The van der Waals surface area contributed by atoms with Crippen LogP contribution in [0.3, 0.4) is 0 Å². The normalized spacial score (nSPS) is 10.7. The summed E-state index contributed by atoms with van der Waals surface area (Å²) in [4.78, 5) is 14.2. The highest BCUT2D eigenvalue weighted by molar-refractivity contribution is 6.30. The number of benzene rings is 2. The number of nitrogens with zero attached hydrogens (tertiary/aromatic N) is 1. The zero-order valence-corrected chi connectivity index (χ0v) is 16.2. The average molecular weight is 377 g/mol. The fraction of sp³-hybridized carbons (Fsp3) is 0.350. The first-order chi connectivity index (χ1) is 12.5. The standard InChI is InChI=1S/C20H25ClN2O3/c1-23(12-10-15-4-9-18(25-2)19(14-15)26-3)13-11-20(24)22-17-7-5-16(21)6-8-17/h4-9,14H,10-13H2,1-3H3,(H,22,24). The van der Waals surface area contributed by atoms with Crippen molar-refractivity contribution in [3.8, 4) is 11.5 Å². The molecule has 0 aromatic heterocycles. The molecule has 26 heavy (non-hydrogen) atoms. The van der Waals surface area contributed by atoms with Crippen LogP contribution in [0.5, 0.6) is 11.5 Å². The maximum Gasteiger partial charge on any atom is 0.225 e. The molecule has 2 aromatic rings. The number of anilines is 1. The van der Waals surface area contributed by atoms with Crippen molar-refractivity contribution in [1.82, 2.24) is 4.90 Å². The smallest absolute Gasteiger partial charge is 0.225 e. The van der Waals surface area contributed by atoms with Crippen LogP contribution in [0, 0.1) is 0 Å². The monoisotopic (exact) mass is 376 g/mol. The lowest BCUT2D eigenvalue weighted by molar-refractivity contribution is -0.116. The molecular weight excluding hydrogens is 352 g/mol. The maximum absolute atomic E-state index is 12.0. The molecule has 0 bridgehead atoms. The van der Waals surface area contributed by atoms with Crippen LogP contribution in [-0.2, 0) is 11.2 Å². The summed E-state index contributed by atoms with van der Waals surface area (Å²) in [5, 5.41) is 3.52. The van der Waals surface area contributed by atoms with Crippen molar-refractivity contribution < 1.29 is 14.3 Å². The first kappa shape index (κ1) is 20.1. The molecule has 0 aliphatic carbocycles. The molecule has 0 aliphatic rings. The molecule has 140 valence electrons. The molecule has 0 spiro atoms. The summed E-state index contributed by atoms with van der Waals surface area (Å²) < 4.78 is 10.6. The highest BCUT2D eigenvalue weighted by Gasteiger charge is 2.08. The van der Waals surface area contributed by atoms with Gasteiger partial charge in [0.15, 0.2) is 11.5 Å². The van der Waals surface area contributed by atoms with Gasteiger partial charge in [0, 0.05) is 30.2 Å². The van der Waals surface area contributed by atoms with E-state index in [0.717, 1.165) is 30.2 Å². The third-order valence-electron chi connectivity index (χ3n) is 4.08. The molecule has 1 N–H and O–H groups in total. The summed E-state index contributed by atoms with van der Waals surface area (Å²) in [6.07, 6.45) is 1.31. The van der Waals surface area contributed by atoms with Crippen LogP contribution >= 0.6 is 11.6 Å². The number of halogens is 1. The van der Waals surface area contributed by atoms with E-state index in [1.165, 1.54) is 5.56 Å². The Hall–Kier alpha value is -2.24. The van der Waals surface area contributed by atoms with Gasteiger partial charge >= 0.3 is 0 Å². The van der Waals surface area contributed by atoms with Gasteiger partial charge in [0.2, 0.25) is 5.91 Å². The SMILES string of the molecule is COc1ccc(CCN(C)CCC(=O)Nc2ccc(Cl)cc2)cc1OC. The van der Waals surface area contributed by atoms with Crippen molar-refractivity contribution in [2.24, 2.45) is 0 Å². The lowest BCUT2D eigenvalue weighted by atomic mass is 10.1. The predicted octanol–water partition coefficient (Wildman–Crippen LogP) is 3.86. The summed E-state index contributed by atoms with van der Waals surface area (Å²) in [6, 6.07) is 13.0. The number of carbonyl (C=O) groups is 1. The molecule has 0 saturated heterocycles. The van der Waals surface area contributed by atoms with Gasteiger partial charge in [0.25, 0.3) is 0 Å². The van der Waals surface area contributed by atoms with Crippen molar-refractivity contribution in [3.05, 3.63) is 53.1 Å². The molecule has 2 rings (SSSR count). The minimum absolute atomic E-state index is 0.00899. The minimum Gasteiger partial charge on any atom is -0.493 e. The van der Waals surface area contributed by atoms with E-state index in [4.69, 9.17) is 21.1 Å². The fourth-order valence-electron chi connectivity index (χ4n) is 2.52. The summed E-state index contributed by atoms with van der Waals surface area (Å²) in [6.45, 7) is 1.54. The van der Waals surface area contributed by atoms with Gasteiger partial charge < -0.3 is 19.7 Å². The summed E-state index contributed by atoms with van der Waals surface area (Å²) >= 11 is 5.84. The molecule has 0 saturated carbocycles. The van der Waals surface area contributed by atoms with E-state index in [1.54, 1.807) is 38.5 Å². The van der Waals surface area contributed by atoms with E-state index in [1.807, 2.05) is 25.2 Å². The fourth-order valence-corrected chi connectivity index (χ4v) is 2.64. The quantitative estimate of drug-likeness (QED) is 0.722. The van der Waals surface area contributed by atoms with E-state index >= 15 is 0 Å². The lowest BCUT2D eigenvalue weighted by Gasteiger charge is -2.17. The Morgan fingerprint density at radius 1 is 1.04 bits per heavy atom.